The molecule has 2 heterocycles. The molecule has 0 saturated carbocycles. The Bertz CT molecular complexity index is 666. The van der Waals surface area contributed by atoms with Gasteiger partial charge in [-0.25, -0.2) is 0 Å². The van der Waals surface area contributed by atoms with Gasteiger partial charge < -0.3 is 9.80 Å². The van der Waals surface area contributed by atoms with E-state index >= 15 is 0 Å². The van der Waals surface area contributed by atoms with Crippen molar-refractivity contribution in [1.82, 2.24) is 5.32 Å². The minimum absolute atomic E-state index is 0.199. The number of carbonyl (C=O) groups is 2. The number of fused-ring (bicyclic) bond motifs is 1. The molecule has 1 saturated heterocycles. The first-order valence-corrected chi connectivity index (χ1v) is 7.60. The second-order valence-corrected chi connectivity index (χ2v) is 6.18. The van der Waals surface area contributed by atoms with Crippen LogP contribution in [0.25, 0.3) is 0 Å². The van der Waals surface area contributed by atoms with E-state index in [1.165, 1.54) is 5.56 Å². The SMILES string of the molecule is C=C1N(C)c2c(C(C)C)cccc2N1C1CCC(=O)NC1=O. The Kier molecular flexibility index (Phi) is 3.43. The molecule has 1 aromatic rings. The molecule has 2 amide bonds. The predicted octanol–water partition coefficient (Wildman–Crippen LogP) is 2.34. The molecule has 1 atom stereocenters. The van der Waals surface area contributed by atoms with Gasteiger partial charge in [-0.15, -0.1) is 0 Å². The Morgan fingerprint density at radius 1 is 1.32 bits per heavy atom. The van der Waals surface area contributed by atoms with Crippen molar-refractivity contribution in [3.05, 3.63) is 36.2 Å². The van der Waals surface area contributed by atoms with Gasteiger partial charge in [-0.2, -0.15) is 0 Å². The number of nitrogens with one attached hydrogen (secondary N) is 1. The van der Waals surface area contributed by atoms with Crippen LogP contribution < -0.4 is 15.1 Å². The van der Waals surface area contributed by atoms with Gasteiger partial charge in [0.2, 0.25) is 11.8 Å². The van der Waals surface area contributed by atoms with Gasteiger partial charge in [0.25, 0.3) is 0 Å². The van der Waals surface area contributed by atoms with Gasteiger partial charge in [-0.05, 0) is 24.0 Å². The van der Waals surface area contributed by atoms with Crippen LogP contribution in [-0.4, -0.2) is 24.9 Å². The Balaban J connectivity index is 2.06. The van der Waals surface area contributed by atoms with Crippen LogP contribution in [0.2, 0.25) is 0 Å². The van der Waals surface area contributed by atoms with Gasteiger partial charge in [0.15, 0.2) is 0 Å². The molecule has 116 valence electrons. The summed E-state index contributed by atoms with van der Waals surface area (Å²) in [6.45, 7) is 8.45. The average Bonchev–Trinajstić information content (AvgIpc) is 2.72. The molecule has 22 heavy (non-hydrogen) atoms. The zero-order valence-corrected chi connectivity index (χ0v) is 13.2. The summed E-state index contributed by atoms with van der Waals surface area (Å²) >= 11 is 0. The summed E-state index contributed by atoms with van der Waals surface area (Å²) in [7, 11) is 1.97. The molecule has 0 radical (unpaired) electrons. The van der Waals surface area contributed by atoms with Crippen molar-refractivity contribution in [3.63, 3.8) is 0 Å². The molecule has 2 aliphatic heterocycles. The Hall–Kier alpha value is -2.30. The van der Waals surface area contributed by atoms with Crippen LogP contribution in [0.1, 0.15) is 38.2 Å². The zero-order chi connectivity index (χ0) is 16.0. The Morgan fingerprint density at radius 2 is 2.05 bits per heavy atom. The van der Waals surface area contributed by atoms with Gasteiger partial charge in [-0.3, -0.25) is 14.9 Å². The molecule has 1 N–H and O–H groups in total. The van der Waals surface area contributed by atoms with Crippen molar-refractivity contribution in [2.75, 3.05) is 16.8 Å². The highest BCUT2D eigenvalue weighted by molar-refractivity contribution is 6.03. The molecular weight excluding hydrogens is 278 g/mol. The molecule has 3 rings (SSSR count). The Morgan fingerprint density at radius 3 is 2.68 bits per heavy atom. The summed E-state index contributed by atoms with van der Waals surface area (Å²) in [4.78, 5) is 27.6. The fourth-order valence-corrected chi connectivity index (χ4v) is 3.28. The number of anilines is 2. The van der Waals surface area contributed by atoms with E-state index in [-0.39, 0.29) is 17.9 Å². The maximum absolute atomic E-state index is 12.2. The fraction of sp³-hybridized carbons (Fsp3) is 0.412. The molecule has 0 spiro atoms. The van der Waals surface area contributed by atoms with E-state index in [2.05, 4.69) is 31.8 Å². The largest absolute Gasteiger partial charge is 0.329 e. The number of rotatable bonds is 2. The quantitative estimate of drug-likeness (QED) is 0.852. The molecule has 0 aromatic heterocycles. The van der Waals surface area contributed by atoms with Crippen LogP contribution >= 0.6 is 0 Å². The van der Waals surface area contributed by atoms with Crippen LogP contribution in [0.15, 0.2) is 30.6 Å². The first-order chi connectivity index (χ1) is 10.4. The van der Waals surface area contributed by atoms with Crippen molar-refractivity contribution in [1.29, 1.82) is 0 Å². The van der Waals surface area contributed by atoms with Crippen molar-refractivity contribution in [3.8, 4) is 0 Å². The monoisotopic (exact) mass is 299 g/mol. The highest BCUT2D eigenvalue weighted by Crippen LogP contribution is 2.46. The summed E-state index contributed by atoms with van der Waals surface area (Å²) in [5, 5.41) is 2.43. The maximum Gasteiger partial charge on any atom is 0.249 e. The molecule has 5 nitrogen and oxygen atoms in total. The maximum atomic E-state index is 12.2. The molecule has 5 heteroatoms. The van der Waals surface area contributed by atoms with Gasteiger partial charge >= 0.3 is 0 Å². The first kappa shape index (κ1) is 14.6. The van der Waals surface area contributed by atoms with Crippen molar-refractivity contribution in [2.24, 2.45) is 0 Å². The minimum Gasteiger partial charge on any atom is -0.329 e. The van der Waals surface area contributed by atoms with Gasteiger partial charge in [0.1, 0.15) is 11.9 Å². The third-order valence-electron chi connectivity index (χ3n) is 4.45. The van der Waals surface area contributed by atoms with Crippen LogP contribution in [0.4, 0.5) is 11.4 Å². The average molecular weight is 299 g/mol. The molecule has 1 fully saturated rings. The number of nitrogens with zero attached hydrogens (tertiary/aromatic N) is 2. The summed E-state index contributed by atoms with van der Waals surface area (Å²) in [6, 6.07) is 5.76. The van der Waals surface area contributed by atoms with Crippen LogP contribution in [0, 0.1) is 0 Å². The van der Waals surface area contributed by atoms with Gasteiger partial charge in [-0.1, -0.05) is 32.6 Å². The summed E-state index contributed by atoms with van der Waals surface area (Å²) in [6.07, 6.45) is 0.881. The number of piperidine rings is 1. The number of hydrogen-bond donors (Lipinski definition) is 1. The standard InChI is InChI=1S/C17H21N3O2/c1-10(2)12-6-5-7-13-16(12)19(4)11(3)20(13)14-8-9-15(21)18-17(14)22/h5-7,10,14H,3,8-9H2,1-2,4H3,(H,18,21,22). The van der Waals surface area contributed by atoms with Crippen LogP contribution in [0.5, 0.6) is 0 Å². The molecule has 0 bridgehead atoms. The zero-order valence-electron chi connectivity index (χ0n) is 13.2. The predicted molar refractivity (Wildman–Crippen MR) is 86.7 cm³/mol. The lowest BCUT2D eigenvalue weighted by molar-refractivity contribution is -0.134. The highest BCUT2D eigenvalue weighted by Gasteiger charge is 2.40. The van der Waals surface area contributed by atoms with Gasteiger partial charge in [0, 0.05) is 13.5 Å². The van der Waals surface area contributed by atoms with E-state index in [0.29, 0.717) is 18.8 Å². The third-order valence-corrected chi connectivity index (χ3v) is 4.45. The number of benzene rings is 1. The van der Waals surface area contributed by atoms with Crippen molar-refractivity contribution >= 4 is 23.2 Å². The van der Waals surface area contributed by atoms with E-state index in [9.17, 15) is 9.59 Å². The topological polar surface area (TPSA) is 52.6 Å². The van der Waals surface area contributed by atoms with E-state index in [0.717, 1.165) is 17.2 Å². The third kappa shape index (κ3) is 2.08. The molecular formula is C17H21N3O2. The highest BCUT2D eigenvalue weighted by atomic mass is 16.2. The molecule has 1 unspecified atom stereocenters. The summed E-state index contributed by atoms with van der Waals surface area (Å²) in [5.74, 6) is 0.716. The second kappa shape index (κ2) is 5.16. The second-order valence-electron chi connectivity index (χ2n) is 6.18. The van der Waals surface area contributed by atoms with E-state index in [4.69, 9.17) is 0 Å². The summed E-state index contributed by atoms with van der Waals surface area (Å²) in [5.41, 5.74) is 3.33. The fourth-order valence-electron chi connectivity index (χ4n) is 3.28. The lowest BCUT2D eigenvalue weighted by atomic mass is 9.99. The smallest absolute Gasteiger partial charge is 0.249 e. The number of para-hydroxylation sites is 1. The molecule has 0 aliphatic carbocycles. The summed E-state index contributed by atoms with van der Waals surface area (Å²) < 4.78 is 0. The number of hydrogen-bond acceptors (Lipinski definition) is 4. The minimum atomic E-state index is -0.378. The first-order valence-electron chi connectivity index (χ1n) is 7.60. The van der Waals surface area contributed by atoms with E-state index in [1.807, 2.05) is 29.0 Å². The van der Waals surface area contributed by atoms with E-state index in [1.54, 1.807) is 0 Å². The van der Waals surface area contributed by atoms with E-state index < -0.39 is 0 Å². The lowest BCUT2D eigenvalue weighted by Gasteiger charge is -2.32. The molecule has 1 aromatic carbocycles. The normalized spacial score (nSPS) is 21.5. The van der Waals surface area contributed by atoms with Gasteiger partial charge in [0.05, 0.1) is 11.4 Å². The number of amides is 2. The van der Waals surface area contributed by atoms with Crippen molar-refractivity contribution in [2.45, 2.75) is 38.6 Å². The number of carbonyl (C=O) groups excluding carboxylic acids is 2. The van der Waals surface area contributed by atoms with Crippen LogP contribution in [0.3, 0.4) is 0 Å². The number of imide groups is 1. The lowest BCUT2D eigenvalue weighted by Crippen LogP contribution is -2.52. The Labute approximate surface area is 130 Å². The van der Waals surface area contributed by atoms with Crippen molar-refractivity contribution < 1.29 is 9.59 Å². The van der Waals surface area contributed by atoms with Crippen LogP contribution in [-0.2, 0) is 9.59 Å². The molecule has 2 aliphatic rings.